The molecule has 1 amide bonds. The first-order chi connectivity index (χ1) is 17.1. The highest BCUT2D eigenvalue weighted by atomic mass is 35.5. The van der Waals surface area contributed by atoms with Crippen LogP contribution in [0.4, 0.5) is 0 Å². The lowest BCUT2D eigenvalue weighted by molar-refractivity contribution is -0.114. The second-order valence-electron chi connectivity index (χ2n) is 7.99. The van der Waals surface area contributed by atoms with Crippen LogP contribution in [0.1, 0.15) is 16.7 Å². The van der Waals surface area contributed by atoms with E-state index in [1.165, 1.54) is 16.8 Å². The van der Waals surface area contributed by atoms with Crippen LogP contribution in [0.15, 0.2) is 94.9 Å². The maximum atomic E-state index is 12.9. The summed E-state index contributed by atoms with van der Waals surface area (Å²) in [7, 11) is 0. The number of carbonyl (C=O) groups excluding carboxylic acids is 1. The second-order valence-corrected chi connectivity index (χ2v) is 9.35. The molecule has 1 N–H and O–H groups in total. The fourth-order valence-corrected chi connectivity index (χ4v) is 5.16. The Balaban J connectivity index is 1.39. The van der Waals surface area contributed by atoms with Gasteiger partial charge in [-0.05, 0) is 47.7 Å². The van der Waals surface area contributed by atoms with Crippen LogP contribution < -0.4 is 0 Å². The second kappa shape index (κ2) is 8.65. The van der Waals surface area contributed by atoms with Crippen LogP contribution in [-0.2, 0) is 11.3 Å². The van der Waals surface area contributed by atoms with Gasteiger partial charge < -0.3 is 4.57 Å². The summed E-state index contributed by atoms with van der Waals surface area (Å²) in [5.74, 6) is -0.464. The van der Waals surface area contributed by atoms with Crippen molar-refractivity contribution < 1.29 is 4.79 Å². The molecule has 4 heterocycles. The van der Waals surface area contributed by atoms with E-state index in [-0.39, 0.29) is 11.4 Å². The Bertz CT molecular complexity index is 1600. The molecule has 0 fully saturated rings. The molecule has 35 heavy (non-hydrogen) atoms. The molecule has 0 saturated carbocycles. The number of halogens is 1. The topological polar surface area (TPSA) is 86.7 Å². The molecule has 0 spiro atoms. The number of benzene rings is 2. The summed E-state index contributed by atoms with van der Waals surface area (Å²) in [5, 5.41) is 17.3. The number of thioether (sulfide) groups is 1. The third-order valence-corrected chi connectivity index (χ3v) is 7.11. The molecule has 0 aliphatic carbocycles. The third kappa shape index (κ3) is 3.86. The highest BCUT2D eigenvalue weighted by Gasteiger charge is 2.36. The number of carbonyl (C=O) groups is 1. The summed E-state index contributed by atoms with van der Waals surface area (Å²) < 4.78 is 2.10. The van der Waals surface area contributed by atoms with Crippen molar-refractivity contribution in [1.29, 1.82) is 5.41 Å². The van der Waals surface area contributed by atoms with Crippen LogP contribution in [0.3, 0.4) is 0 Å². The Morgan fingerprint density at radius 3 is 2.71 bits per heavy atom. The first-order valence-corrected chi connectivity index (χ1v) is 12.0. The molecular formula is C26H17ClN6OS. The van der Waals surface area contributed by atoms with Gasteiger partial charge in [0.05, 0.1) is 5.57 Å². The molecule has 0 unspecified atom stereocenters. The smallest absolute Gasteiger partial charge is 0.283 e. The number of amides is 1. The molecule has 2 aromatic carbocycles. The van der Waals surface area contributed by atoms with E-state index in [4.69, 9.17) is 17.0 Å². The van der Waals surface area contributed by atoms with Crippen LogP contribution in [-0.4, -0.2) is 36.5 Å². The molecule has 9 heteroatoms. The van der Waals surface area contributed by atoms with Crippen molar-refractivity contribution in [2.45, 2.75) is 6.54 Å². The Morgan fingerprint density at radius 1 is 1.06 bits per heavy atom. The lowest BCUT2D eigenvalue weighted by Crippen LogP contribution is -2.35. The lowest BCUT2D eigenvalue weighted by atomic mass is 10.1. The minimum atomic E-state index is -0.459. The molecule has 2 aliphatic heterocycles. The van der Waals surface area contributed by atoms with Gasteiger partial charge in [-0.3, -0.25) is 15.2 Å². The lowest BCUT2D eigenvalue weighted by Gasteiger charge is -2.20. The van der Waals surface area contributed by atoms with Crippen molar-refractivity contribution in [3.63, 3.8) is 0 Å². The van der Waals surface area contributed by atoms with Crippen LogP contribution in [0.2, 0.25) is 5.02 Å². The van der Waals surface area contributed by atoms with E-state index in [9.17, 15) is 4.79 Å². The normalized spacial score (nSPS) is 16.6. The summed E-state index contributed by atoms with van der Waals surface area (Å²) >= 11 is 7.65. The molecule has 6 rings (SSSR count). The summed E-state index contributed by atoms with van der Waals surface area (Å²) in [5.41, 5.74) is 3.82. The van der Waals surface area contributed by atoms with Gasteiger partial charge in [-0.25, -0.2) is 0 Å². The van der Waals surface area contributed by atoms with E-state index in [1.54, 1.807) is 18.5 Å². The molecule has 0 saturated heterocycles. The summed E-state index contributed by atoms with van der Waals surface area (Å²) in [4.78, 5) is 21.3. The van der Waals surface area contributed by atoms with Crippen molar-refractivity contribution >= 4 is 62.3 Å². The van der Waals surface area contributed by atoms with E-state index in [0.717, 1.165) is 27.6 Å². The number of para-hydroxylation sites is 1. The zero-order valence-electron chi connectivity index (χ0n) is 18.2. The maximum absolute atomic E-state index is 12.9. The standard InChI is InChI=1S/C26H17ClN6OS/c27-21-9-3-1-6-17(21)14-32-15-18(19-8-2-4-10-22(19)32)12-20-23(28)33-26(30-24(20)34)35-25(31-33)16-7-5-11-29-13-16/h1-13,15,28H,14H2/b20-12-,28-23?. The number of hydrogen-bond donors (Lipinski definition) is 1. The van der Waals surface area contributed by atoms with Gasteiger partial charge in [-0.1, -0.05) is 48.0 Å². The molecule has 0 atom stereocenters. The number of hydrazone groups is 1. The van der Waals surface area contributed by atoms with Crippen LogP contribution in [0.25, 0.3) is 17.0 Å². The summed E-state index contributed by atoms with van der Waals surface area (Å²) in [6.07, 6.45) is 7.08. The van der Waals surface area contributed by atoms with Crippen LogP contribution in [0.5, 0.6) is 0 Å². The first-order valence-electron chi connectivity index (χ1n) is 10.8. The molecule has 4 aromatic rings. The largest absolute Gasteiger partial charge is 0.342 e. The SMILES string of the molecule is N=C1/C(=C/c2cn(Cc3ccccc3Cl)c3ccccc23)C(=O)N=C2SC(c3cccnc3)=NN12. The van der Waals surface area contributed by atoms with Crippen molar-refractivity contribution in [1.82, 2.24) is 14.6 Å². The van der Waals surface area contributed by atoms with Gasteiger partial charge in [0, 0.05) is 52.2 Å². The summed E-state index contributed by atoms with van der Waals surface area (Å²) in [6.45, 7) is 0.582. The highest BCUT2D eigenvalue weighted by molar-refractivity contribution is 8.27. The van der Waals surface area contributed by atoms with Crippen molar-refractivity contribution in [3.8, 4) is 0 Å². The number of nitrogens with zero attached hydrogens (tertiary/aromatic N) is 5. The monoisotopic (exact) mass is 496 g/mol. The van der Waals surface area contributed by atoms with Gasteiger partial charge in [0.2, 0.25) is 5.17 Å². The van der Waals surface area contributed by atoms with Gasteiger partial charge in [0.15, 0.2) is 5.84 Å². The Labute approximate surface area is 210 Å². The molecule has 2 aromatic heterocycles. The van der Waals surface area contributed by atoms with E-state index in [2.05, 4.69) is 19.6 Å². The van der Waals surface area contributed by atoms with E-state index < -0.39 is 5.91 Å². The number of rotatable bonds is 4. The van der Waals surface area contributed by atoms with Crippen molar-refractivity contribution in [2.75, 3.05) is 0 Å². The molecule has 2 aliphatic rings. The zero-order chi connectivity index (χ0) is 23.9. The number of fused-ring (bicyclic) bond motifs is 2. The van der Waals surface area contributed by atoms with Crippen LogP contribution >= 0.6 is 23.4 Å². The zero-order valence-corrected chi connectivity index (χ0v) is 19.8. The Morgan fingerprint density at radius 2 is 1.89 bits per heavy atom. The maximum Gasteiger partial charge on any atom is 0.283 e. The molecular weight excluding hydrogens is 480 g/mol. The number of amidine groups is 2. The van der Waals surface area contributed by atoms with Crippen molar-refractivity contribution in [3.05, 3.63) is 107 Å². The van der Waals surface area contributed by atoms with E-state index in [0.29, 0.717) is 21.8 Å². The van der Waals surface area contributed by atoms with E-state index >= 15 is 0 Å². The number of hydrogen-bond acceptors (Lipinski definition) is 5. The number of nitrogens with one attached hydrogen (secondary N) is 1. The minimum absolute atomic E-state index is 0.00525. The van der Waals surface area contributed by atoms with E-state index in [1.807, 2.05) is 66.9 Å². The fourth-order valence-electron chi connectivity index (χ4n) is 4.08. The van der Waals surface area contributed by atoms with Crippen LogP contribution in [0, 0.1) is 5.41 Å². The predicted molar refractivity (Wildman–Crippen MR) is 141 cm³/mol. The number of pyridine rings is 1. The molecule has 7 nitrogen and oxygen atoms in total. The van der Waals surface area contributed by atoms with Gasteiger partial charge in [0.25, 0.3) is 5.91 Å². The fraction of sp³-hybridized carbons (Fsp3) is 0.0385. The average Bonchev–Trinajstić information content (AvgIpc) is 3.46. The molecule has 0 radical (unpaired) electrons. The van der Waals surface area contributed by atoms with Gasteiger partial charge in [0.1, 0.15) is 5.04 Å². The molecule has 0 bridgehead atoms. The quantitative estimate of drug-likeness (QED) is 0.383. The minimum Gasteiger partial charge on any atom is -0.342 e. The number of aromatic nitrogens is 2. The third-order valence-electron chi connectivity index (χ3n) is 5.78. The van der Waals surface area contributed by atoms with Gasteiger partial charge >= 0.3 is 0 Å². The summed E-state index contributed by atoms with van der Waals surface area (Å²) in [6, 6.07) is 19.4. The van der Waals surface area contributed by atoms with Crippen molar-refractivity contribution in [2.24, 2.45) is 10.1 Å². The Kier molecular flexibility index (Phi) is 5.32. The number of aliphatic imine (C=N–C) groups is 1. The van der Waals surface area contributed by atoms with Gasteiger partial charge in [-0.15, -0.1) is 0 Å². The highest BCUT2D eigenvalue weighted by Crippen LogP contribution is 2.32. The average molecular weight is 497 g/mol. The molecule has 170 valence electrons. The Hall–Kier alpha value is -4.01. The first kappa shape index (κ1) is 21.5. The predicted octanol–water partition coefficient (Wildman–Crippen LogP) is 5.41. The van der Waals surface area contributed by atoms with Gasteiger partial charge in [-0.2, -0.15) is 15.1 Å².